The molecular weight excluding hydrogens is 176 g/mol. The van der Waals surface area contributed by atoms with Gasteiger partial charge in [-0.25, -0.2) is 0 Å². The van der Waals surface area contributed by atoms with Gasteiger partial charge in [-0.2, -0.15) is 0 Å². The van der Waals surface area contributed by atoms with Gasteiger partial charge in [-0.1, -0.05) is 13.8 Å². The van der Waals surface area contributed by atoms with E-state index in [1.807, 2.05) is 0 Å². The molecule has 0 aromatic heterocycles. The van der Waals surface area contributed by atoms with Crippen LogP contribution in [0.2, 0.25) is 0 Å². The second-order valence-corrected chi connectivity index (χ2v) is 4.71. The summed E-state index contributed by atoms with van der Waals surface area (Å²) in [5.74, 6) is 1.83. The Morgan fingerprint density at radius 3 is 2.57 bits per heavy atom. The van der Waals surface area contributed by atoms with Gasteiger partial charge in [0.2, 0.25) is 0 Å². The van der Waals surface area contributed by atoms with Crippen molar-refractivity contribution in [2.24, 2.45) is 11.8 Å². The lowest BCUT2D eigenvalue weighted by molar-refractivity contribution is -0.118. The van der Waals surface area contributed by atoms with Crippen LogP contribution in [0, 0.1) is 11.8 Å². The Morgan fingerprint density at radius 2 is 2.00 bits per heavy atom. The minimum absolute atomic E-state index is 0.224. The summed E-state index contributed by atoms with van der Waals surface area (Å²) >= 11 is 0. The normalized spacial score (nSPS) is 32.9. The summed E-state index contributed by atoms with van der Waals surface area (Å²) in [7, 11) is 0. The summed E-state index contributed by atoms with van der Waals surface area (Å²) in [4.78, 5) is 10.7. The Kier molecular flexibility index (Phi) is 4.59. The van der Waals surface area contributed by atoms with Crippen molar-refractivity contribution in [1.82, 2.24) is 0 Å². The summed E-state index contributed by atoms with van der Waals surface area (Å²) in [5, 5.41) is 0. The zero-order valence-electron chi connectivity index (χ0n) is 9.58. The Hall–Kier alpha value is -0.370. The number of rotatable bonds is 4. The van der Waals surface area contributed by atoms with Crippen molar-refractivity contribution < 1.29 is 9.53 Å². The van der Waals surface area contributed by atoms with Gasteiger partial charge in [0.05, 0.1) is 12.7 Å². The first-order valence-electron chi connectivity index (χ1n) is 5.70. The molecule has 1 aliphatic carbocycles. The predicted molar refractivity (Wildman–Crippen MR) is 57.2 cm³/mol. The lowest BCUT2D eigenvalue weighted by atomic mass is 9.80. The first-order valence-corrected chi connectivity index (χ1v) is 5.70. The van der Waals surface area contributed by atoms with Crippen LogP contribution < -0.4 is 0 Å². The average molecular weight is 198 g/mol. The van der Waals surface area contributed by atoms with Crippen molar-refractivity contribution in [3.63, 3.8) is 0 Å². The molecule has 0 spiro atoms. The molecule has 3 unspecified atom stereocenters. The topological polar surface area (TPSA) is 26.3 Å². The third-order valence-electron chi connectivity index (χ3n) is 3.36. The second-order valence-electron chi connectivity index (χ2n) is 4.71. The van der Waals surface area contributed by atoms with Gasteiger partial charge in [-0.15, -0.1) is 0 Å². The molecule has 0 radical (unpaired) electrons. The van der Waals surface area contributed by atoms with Crippen LogP contribution in [0.1, 0.15) is 46.5 Å². The SMILES string of the molecule is CC(=O)CCOC1CCC(C)C(C)C1. The molecule has 0 heterocycles. The van der Waals surface area contributed by atoms with Crippen molar-refractivity contribution in [3.8, 4) is 0 Å². The predicted octanol–water partition coefficient (Wildman–Crippen LogP) is 2.81. The molecule has 0 bridgehead atoms. The van der Waals surface area contributed by atoms with Crippen LogP contribution in [0.25, 0.3) is 0 Å². The van der Waals surface area contributed by atoms with E-state index in [1.54, 1.807) is 6.92 Å². The molecule has 1 aliphatic rings. The number of carbonyl (C=O) groups excluding carboxylic acids is 1. The van der Waals surface area contributed by atoms with Gasteiger partial charge >= 0.3 is 0 Å². The number of hydrogen-bond donors (Lipinski definition) is 0. The highest BCUT2D eigenvalue weighted by molar-refractivity contribution is 5.75. The van der Waals surface area contributed by atoms with Gasteiger partial charge in [-0.3, -0.25) is 4.79 Å². The zero-order valence-corrected chi connectivity index (χ0v) is 9.58. The molecule has 0 amide bonds. The van der Waals surface area contributed by atoms with Crippen LogP contribution in [0.4, 0.5) is 0 Å². The largest absolute Gasteiger partial charge is 0.378 e. The lowest BCUT2D eigenvalue weighted by Gasteiger charge is -2.31. The molecule has 82 valence electrons. The molecule has 2 heteroatoms. The molecule has 1 rings (SSSR count). The van der Waals surface area contributed by atoms with Crippen molar-refractivity contribution >= 4 is 5.78 Å². The highest BCUT2D eigenvalue weighted by atomic mass is 16.5. The summed E-state index contributed by atoms with van der Waals surface area (Å²) in [6.45, 7) is 6.84. The molecule has 0 aromatic carbocycles. The van der Waals surface area contributed by atoms with Crippen molar-refractivity contribution in [2.45, 2.75) is 52.6 Å². The number of ketones is 1. The molecule has 1 saturated carbocycles. The fraction of sp³-hybridized carbons (Fsp3) is 0.917. The molecule has 0 aromatic rings. The fourth-order valence-corrected chi connectivity index (χ4v) is 2.02. The number of ether oxygens (including phenoxy) is 1. The van der Waals surface area contributed by atoms with E-state index in [0.29, 0.717) is 19.1 Å². The van der Waals surface area contributed by atoms with Crippen LogP contribution in [0.5, 0.6) is 0 Å². The maximum atomic E-state index is 10.7. The smallest absolute Gasteiger partial charge is 0.132 e. The quantitative estimate of drug-likeness (QED) is 0.694. The second kappa shape index (κ2) is 5.50. The molecule has 1 fully saturated rings. The molecular formula is C12H22O2. The maximum Gasteiger partial charge on any atom is 0.132 e. The van der Waals surface area contributed by atoms with Crippen molar-refractivity contribution in [3.05, 3.63) is 0 Å². The molecule has 0 N–H and O–H groups in total. The van der Waals surface area contributed by atoms with Crippen LogP contribution in [0.15, 0.2) is 0 Å². The molecule has 14 heavy (non-hydrogen) atoms. The van der Waals surface area contributed by atoms with E-state index in [-0.39, 0.29) is 5.78 Å². The first-order chi connectivity index (χ1) is 6.59. The maximum absolute atomic E-state index is 10.7. The van der Waals surface area contributed by atoms with Crippen LogP contribution in [0.3, 0.4) is 0 Å². The van der Waals surface area contributed by atoms with Crippen LogP contribution in [-0.2, 0) is 9.53 Å². The standard InChI is InChI=1S/C12H22O2/c1-9-4-5-12(8-10(9)2)14-7-6-11(3)13/h9-10,12H,4-8H2,1-3H3. The van der Waals surface area contributed by atoms with E-state index in [2.05, 4.69) is 13.8 Å². The van der Waals surface area contributed by atoms with Crippen molar-refractivity contribution in [2.75, 3.05) is 6.61 Å². The Bertz CT molecular complexity index is 189. The molecule has 0 saturated heterocycles. The van der Waals surface area contributed by atoms with Gasteiger partial charge in [0.1, 0.15) is 5.78 Å². The van der Waals surface area contributed by atoms with Crippen LogP contribution in [-0.4, -0.2) is 18.5 Å². The monoisotopic (exact) mass is 198 g/mol. The Morgan fingerprint density at radius 1 is 1.29 bits per heavy atom. The summed E-state index contributed by atoms with van der Waals surface area (Å²) in [6, 6.07) is 0. The Balaban J connectivity index is 2.16. The van der Waals surface area contributed by atoms with Crippen LogP contribution >= 0.6 is 0 Å². The number of carbonyl (C=O) groups is 1. The Labute approximate surface area is 87.0 Å². The van der Waals surface area contributed by atoms with E-state index in [4.69, 9.17) is 4.74 Å². The average Bonchev–Trinajstić information content (AvgIpc) is 2.10. The summed E-state index contributed by atoms with van der Waals surface area (Å²) in [5.41, 5.74) is 0. The van der Waals surface area contributed by atoms with E-state index in [1.165, 1.54) is 19.3 Å². The first kappa shape index (κ1) is 11.7. The minimum Gasteiger partial charge on any atom is -0.378 e. The lowest BCUT2D eigenvalue weighted by Crippen LogP contribution is -2.27. The number of hydrogen-bond acceptors (Lipinski definition) is 2. The highest BCUT2D eigenvalue weighted by Gasteiger charge is 2.24. The molecule has 2 nitrogen and oxygen atoms in total. The van der Waals surface area contributed by atoms with E-state index >= 15 is 0 Å². The summed E-state index contributed by atoms with van der Waals surface area (Å²) < 4.78 is 5.69. The van der Waals surface area contributed by atoms with Gasteiger partial charge in [0.15, 0.2) is 0 Å². The van der Waals surface area contributed by atoms with Gasteiger partial charge in [0.25, 0.3) is 0 Å². The minimum atomic E-state index is 0.224. The zero-order chi connectivity index (χ0) is 10.6. The summed E-state index contributed by atoms with van der Waals surface area (Å²) in [6.07, 6.45) is 4.58. The fourth-order valence-electron chi connectivity index (χ4n) is 2.02. The van der Waals surface area contributed by atoms with E-state index < -0.39 is 0 Å². The van der Waals surface area contributed by atoms with E-state index in [9.17, 15) is 4.79 Å². The van der Waals surface area contributed by atoms with Gasteiger partial charge in [-0.05, 0) is 38.0 Å². The molecule has 3 atom stereocenters. The van der Waals surface area contributed by atoms with Crippen molar-refractivity contribution in [1.29, 1.82) is 0 Å². The van der Waals surface area contributed by atoms with E-state index in [0.717, 1.165) is 11.8 Å². The third-order valence-corrected chi connectivity index (χ3v) is 3.36. The number of Topliss-reactive ketones (excluding diaryl/α,β-unsaturated/α-hetero) is 1. The van der Waals surface area contributed by atoms with Gasteiger partial charge in [0, 0.05) is 6.42 Å². The van der Waals surface area contributed by atoms with Gasteiger partial charge < -0.3 is 4.74 Å². The third kappa shape index (κ3) is 3.79. The molecule has 0 aliphatic heterocycles. The highest BCUT2D eigenvalue weighted by Crippen LogP contribution is 2.30.